The molecule has 0 aromatic heterocycles. The Balaban J connectivity index is 2.37. The van der Waals surface area contributed by atoms with Crippen molar-refractivity contribution in [3.63, 3.8) is 0 Å². The number of hydrogen-bond donors (Lipinski definition) is 0. The van der Waals surface area contributed by atoms with E-state index < -0.39 is 17.6 Å². The number of rotatable bonds is 2. The second-order valence-corrected chi connectivity index (χ2v) is 4.63. The maximum absolute atomic E-state index is 14.0. The fourth-order valence-corrected chi connectivity index (χ4v) is 1.86. The first kappa shape index (κ1) is 14.4. The molecule has 2 aromatic rings. The molecule has 0 N–H and O–H groups in total. The Morgan fingerprint density at radius 3 is 1.95 bits per heavy atom. The first-order chi connectivity index (χ1) is 9.29. The molecule has 0 aliphatic rings. The molecule has 106 valence electrons. The summed E-state index contributed by atoms with van der Waals surface area (Å²) in [5, 5.41) is 0. The summed E-state index contributed by atoms with van der Waals surface area (Å²) in [5.74, 6) is -0.462. The minimum Gasteiger partial charge on any atom is -0.378 e. The fraction of sp³-hybridized carbons (Fsp3) is 0.200. The average molecular weight is 283 g/mol. The molecule has 1 nitrogen and oxygen atoms in total. The van der Waals surface area contributed by atoms with Crippen LogP contribution in [-0.2, 0) is 6.18 Å². The molecule has 20 heavy (non-hydrogen) atoms. The third-order valence-corrected chi connectivity index (χ3v) is 2.99. The monoisotopic (exact) mass is 283 g/mol. The van der Waals surface area contributed by atoms with E-state index in [1.54, 1.807) is 31.1 Å². The van der Waals surface area contributed by atoms with Gasteiger partial charge in [0.1, 0.15) is 5.82 Å². The lowest BCUT2D eigenvalue weighted by Crippen LogP contribution is -2.08. The number of anilines is 1. The van der Waals surface area contributed by atoms with Crippen molar-refractivity contribution in [1.29, 1.82) is 0 Å². The molecule has 0 spiro atoms. The molecule has 0 radical (unpaired) electrons. The van der Waals surface area contributed by atoms with Gasteiger partial charge in [0.15, 0.2) is 0 Å². The summed E-state index contributed by atoms with van der Waals surface area (Å²) in [6.45, 7) is 0. The zero-order chi connectivity index (χ0) is 14.9. The molecule has 0 amide bonds. The van der Waals surface area contributed by atoms with Crippen molar-refractivity contribution < 1.29 is 17.6 Å². The van der Waals surface area contributed by atoms with E-state index in [1.165, 1.54) is 18.2 Å². The van der Waals surface area contributed by atoms with Crippen LogP contribution in [0.3, 0.4) is 0 Å². The predicted molar refractivity (Wildman–Crippen MR) is 71.2 cm³/mol. The van der Waals surface area contributed by atoms with Crippen molar-refractivity contribution in [2.75, 3.05) is 19.0 Å². The maximum Gasteiger partial charge on any atom is 0.416 e. The normalized spacial score (nSPS) is 11.5. The summed E-state index contributed by atoms with van der Waals surface area (Å²) in [7, 11) is 3.57. The van der Waals surface area contributed by atoms with Gasteiger partial charge in [-0.3, -0.25) is 0 Å². The van der Waals surface area contributed by atoms with E-state index in [4.69, 9.17) is 0 Å². The summed E-state index contributed by atoms with van der Waals surface area (Å²) in [5.41, 5.74) is 0.648. The topological polar surface area (TPSA) is 3.24 Å². The van der Waals surface area contributed by atoms with Crippen LogP contribution in [-0.4, -0.2) is 14.1 Å². The quantitative estimate of drug-likeness (QED) is 0.729. The molecule has 0 saturated heterocycles. The summed E-state index contributed by atoms with van der Waals surface area (Å²) >= 11 is 0. The molecule has 0 saturated carbocycles. The number of hydrogen-bond acceptors (Lipinski definition) is 1. The van der Waals surface area contributed by atoms with E-state index >= 15 is 0 Å². The van der Waals surface area contributed by atoms with Crippen LogP contribution in [0.15, 0.2) is 42.5 Å². The minimum atomic E-state index is -4.38. The highest BCUT2D eigenvalue weighted by Gasteiger charge is 2.30. The summed E-state index contributed by atoms with van der Waals surface area (Å²) in [6, 6.07) is 9.09. The number of alkyl halides is 3. The zero-order valence-corrected chi connectivity index (χ0v) is 11.0. The van der Waals surface area contributed by atoms with Crippen molar-refractivity contribution in [2.45, 2.75) is 6.18 Å². The lowest BCUT2D eigenvalue weighted by atomic mass is 10.0. The largest absolute Gasteiger partial charge is 0.416 e. The third-order valence-electron chi connectivity index (χ3n) is 2.99. The van der Waals surface area contributed by atoms with Crippen LogP contribution in [0.5, 0.6) is 0 Å². The van der Waals surface area contributed by atoms with Crippen LogP contribution in [0.1, 0.15) is 5.56 Å². The molecule has 5 heteroatoms. The predicted octanol–water partition coefficient (Wildman–Crippen LogP) is 4.58. The van der Waals surface area contributed by atoms with Gasteiger partial charge in [0.05, 0.1) is 5.56 Å². The van der Waals surface area contributed by atoms with Crippen LogP contribution < -0.4 is 4.90 Å². The van der Waals surface area contributed by atoms with Crippen molar-refractivity contribution in [3.8, 4) is 11.1 Å². The Kier molecular flexibility index (Phi) is 3.70. The van der Waals surface area contributed by atoms with E-state index in [1.807, 2.05) is 0 Å². The molecule has 0 bridgehead atoms. The van der Waals surface area contributed by atoms with Gasteiger partial charge in [-0.25, -0.2) is 4.39 Å². The highest BCUT2D eigenvalue weighted by atomic mass is 19.4. The second-order valence-electron chi connectivity index (χ2n) is 4.63. The van der Waals surface area contributed by atoms with E-state index in [9.17, 15) is 17.6 Å². The molecular formula is C15H13F4N. The van der Waals surface area contributed by atoms with Crippen LogP contribution in [0.2, 0.25) is 0 Å². The van der Waals surface area contributed by atoms with Gasteiger partial charge in [0.2, 0.25) is 0 Å². The Hall–Kier alpha value is -2.04. The van der Waals surface area contributed by atoms with Crippen LogP contribution in [0.4, 0.5) is 23.2 Å². The van der Waals surface area contributed by atoms with E-state index in [-0.39, 0.29) is 5.56 Å². The van der Waals surface area contributed by atoms with E-state index in [0.29, 0.717) is 11.3 Å². The summed E-state index contributed by atoms with van der Waals surface area (Å²) < 4.78 is 51.4. The molecular weight excluding hydrogens is 270 g/mol. The zero-order valence-electron chi connectivity index (χ0n) is 11.0. The van der Waals surface area contributed by atoms with Crippen LogP contribution in [0, 0.1) is 5.82 Å². The average Bonchev–Trinajstić information content (AvgIpc) is 2.37. The highest BCUT2D eigenvalue weighted by Crippen LogP contribution is 2.32. The Labute approximate surface area is 114 Å². The van der Waals surface area contributed by atoms with Gasteiger partial charge in [0, 0.05) is 25.3 Å². The lowest BCUT2D eigenvalue weighted by molar-refractivity contribution is -0.137. The molecule has 0 aliphatic heterocycles. The second kappa shape index (κ2) is 5.15. The number of benzene rings is 2. The van der Waals surface area contributed by atoms with Crippen molar-refractivity contribution in [2.24, 2.45) is 0 Å². The standard InChI is InChI=1S/C15H13F4N/c1-20(2)12-7-8-13(14(16)9-12)10-3-5-11(6-4-10)15(17,18)19/h3-9H,1-2H3. The molecule has 0 aliphatic carbocycles. The molecule has 0 unspecified atom stereocenters. The Bertz CT molecular complexity index is 600. The van der Waals surface area contributed by atoms with Gasteiger partial charge < -0.3 is 4.90 Å². The Morgan fingerprint density at radius 1 is 0.900 bits per heavy atom. The smallest absolute Gasteiger partial charge is 0.378 e. The summed E-state index contributed by atoms with van der Waals surface area (Å²) in [4.78, 5) is 1.75. The van der Waals surface area contributed by atoms with Crippen molar-refractivity contribution in [3.05, 3.63) is 53.8 Å². The van der Waals surface area contributed by atoms with E-state index in [2.05, 4.69) is 0 Å². The summed E-state index contributed by atoms with van der Waals surface area (Å²) in [6.07, 6.45) is -4.38. The molecule has 2 rings (SSSR count). The van der Waals surface area contributed by atoms with Gasteiger partial charge in [-0.2, -0.15) is 13.2 Å². The first-order valence-electron chi connectivity index (χ1n) is 5.93. The third kappa shape index (κ3) is 2.92. The minimum absolute atomic E-state index is 0.282. The first-order valence-corrected chi connectivity index (χ1v) is 5.93. The SMILES string of the molecule is CN(C)c1ccc(-c2ccc(C(F)(F)F)cc2)c(F)c1. The van der Waals surface area contributed by atoms with Crippen molar-refractivity contribution in [1.82, 2.24) is 0 Å². The maximum atomic E-state index is 14.0. The van der Waals surface area contributed by atoms with Gasteiger partial charge in [-0.05, 0) is 35.9 Å². The molecule has 2 aromatic carbocycles. The lowest BCUT2D eigenvalue weighted by Gasteiger charge is -2.14. The Morgan fingerprint density at radius 2 is 1.50 bits per heavy atom. The van der Waals surface area contributed by atoms with Crippen LogP contribution in [0.25, 0.3) is 11.1 Å². The van der Waals surface area contributed by atoms with Gasteiger partial charge in [0.25, 0.3) is 0 Å². The highest BCUT2D eigenvalue weighted by molar-refractivity contribution is 5.67. The molecule has 0 heterocycles. The number of halogens is 4. The van der Waals surface area contributed by atoms with Crippen LogP contribution >= 0.6 is 0 Å². The van der Waals surface area contributed by atoms with Gasteiger partial charge >= 0.3 is 6.18 Å². The number of nitrogens with zero attached hydrogens (tertiary/aromatic N) is 1. The van der Waals surface area contributed by atoms with Crippen molar-refractivity contribution >= 4 is 5.69 Å². The van der Waals surface area contributed by atoms with Gasteiger partial charge in [-0.1, -0.05) is 12.1 Å². The fourth-order valence-electron chi connectivity index (χ4n) is 1.86. The molecule has 0 atom stereocenters. The van der Waals surface area contributed by atoms with E-state index in [0.717, 1.165) is 12.1 Å². The molecule has 0 fully saturated rings. The van der Waals surface area contributed by atoms with Gasteiger partial charge in [-0.15, -0.1) is 0 Å².